The first-order valence-electron chi connectivity index (χ1n) is 4.66. The summed E-state index contributed by atoms with van der Waals surface area (Å²) in [5.41, 5.74) is 0.279. The van der Waals surface area contributed by atoms with Crippen LogP contribution in [0.15, 0.2) is 6.07 Å². The molecule has 15 heavy (non-hydrogen) atoms. The fourth-order valence-corrected chi connectivity index (χ4v) is 1.62. The lowest BCUT2D eigenvalue weighted by atomic mass is 10.3. The van der Waals surface area contributed by atoms with Gasteiger partial charge in [0.15, 0.2) is 5.69 Å². The number of carbonyl (C=O) groups is 2. The van der Waals surface area contributed by atoms with Crippen LogP contribution >= 0.6 is 0 Å². The largest absolute Gasteiger partial charge is 0.476 e. The molecule has 0 unspecified atom stereocenters. The van der Waals surface area contributed by atoms with Gasteiger partial charge in [-0.2, -0.15) is 5.10 Å². The molecular formula is C9H11N3O3. The molecule has 0 aliphatic carbocycles. The molecule has 1 aliphatic rings. The first-order valence-corrected chi connectivity index (χ1v) is 4.66. The summed E-state index contributed by atoms with van der Waals surface area (Å²) in [5.74, 6) is -1.28. The molecule has 1 aliphatic heterocycles. The predicted molar refractivity (Wildman–Crippen MR) is 50.8 cm³/mol. The van der Waals surface area contributed by atoms with E-state index in [2.05, 4.69) is 5.10 Å². The Morgan fingerprint density at radius 3 is 2.93 bits per heavy atom. The summed E-state index contributed by atoms with van der Waals surface area (Å²) in [7, 11) is 1.70. The Morgan fingerprint density at radius 1 is 1.53 bits per heavy atom. The molecule has 1 N–H and O–H groups in total. The van der Waals surface area contributed by atoms with Gasteiger partial charge in [-0.15, -0.1) is 0 Å². The minimum Gasteiger partial charge on any atom is -0.476 e. The Hall–Kier alpha value is -1.85. The molecule has 0 saturated heterocycles. The monoisotopic (exact) mass is 209 g/mol. The minimum absolute atomic E-state index is 0.0753. The van der Waals surface area contributed by atoms with Crippen molar-refractivity contribution in [2.75, 3.05) is 13.6 Å². The SMILES string of the molecule is CN1CCCn2nc(C(=O)O)cc2C1=O. The van der Waals surface area contributed by atoms with Crippen LogP contribution in [0.4, 0.5) is 0 Å². The molecule has 1 amide bonds. The van der Waals surface area contributed by atoms with Gasteiger partial charge in [-0.25, -0.2) is 4.79 Å². The zero-order valence-corrected chi connectivity index (χ0v) is 8.30. The van der Waals surface area contributed by atoms with E-state index in [0.29, 0.717) is 18.8 Å². The van der Waals surface area contributed by atoms with E-state index in [9.17, 15) is 9.59 Å². The third-order valence-electron chi connectivity index (χ3n) is 2.43. The van der Waals surface area contributed by atoms with Crippen molar-refractivity contribution in [1.82, 2.24) is 14.7 Å². The van der Waals surface area contributed by atoms with Crippen LogP contribution in [0.25, 0.3) is 0 Å². The van der Waals surface area contributed by atoms with Crippen molar-refractivity contribution in [3.63, 3.8) is 0 Å². The molecule has 1 aromatic rings. The van der Waals surface area contributed by atoms with E-state index in [4.69, 9.17) is 5.11 Å². The summed E-state index contributed by atoms with van der Waals surface area (Å²) in [6, 6.07) is 1.33. The third kappa shape index (κ3) is 1.58. The minimum atomic E-state index is -1.11. The number of aromatic carboxylic acids is 1. The number of hydrogen-bond acceptors (Lipinski definition) is 3. The van der Waals surface area contributed by atoms with Crippen molar-refractivity contribution < 1.29 is 14.7 Å². The molecule has 0 aromatic carbocycles. The summed E-state index contributed by atoms with van der Waals surface area (Å²) in [5, 5.41) is 12.6. The highest BCUT2D eigenvalue weighted by Crippen LogP contribution is 2.12. The lowest BCUT2D eigenvalue weighted by Crippen LogP contribution is -2.26. The molecule has 0 saturated carbocycles. The normalized spacial score (nSPS) is 16.1. The van der Waals surface area contributed by atoms with Gasteiger partial charge >= 0.3 is 5.97 Å². The van der Waals surface area contributed by atoms with E-state index in [1.165, 1.54) is 10.7 Å². The zero-order chi connectivity index (χ0) is 11.0. The summed E-state index contributed by atoms with van der Waals surface area (Å²) in [6.45, 7) is 1.25. The Balaban J connectivity index is 2.45. The summed E-state index contributed by atoms with van der Waals surface area (Å²) in [4.78, 5) is 24.0. The number of carbonyl (C=O) groups excluding carboxylic acids is 1. The topological polar surface area (TPSA) is 75.4 Å². The molecule has 0 bridgehead atoms. The molecule has 2 rings (SSSR count). The highest BCUT2D eigenvalue weighted by molar-refractivity contribution is 5.95. The van der Waals surface area contributed by atoms with Crippen molar-refractivity contribution in [3.05, 3.63) is 17.5 Å². The predicted octanol–water partition coefficient (Wildman–Crippen LogP) is 0.0570. The molecule has 1 aromatic heterocycles. The molecule has 6 heteroatoms. The van der Waals surface area contributed by atoms with Gasteiger partial charge in [0.05, 0.1) is 0 Å². The number of rotatable bonds is 1. The number of hydrogen-bond donors (Lipinski definition) is 1. The van der Waals surface area contributed by atoms with Crippen LogP contribution in [0.2, 0.25) is 0 Å². The first-order chi connectivity index (χ1) is 7.09. The number of carboxylic acids is 1. The second-order valence-corrected chi connectivity index (χ2v) is 3.52. The third-order valence-corrected chi connectivity index (χ3v) is 2.43. The maximum atomic E-state index is 11.7. The number of fused-ring (bicyclic) bond motifs is 1. The smallest absolute Gasteiger partial charge is 0.356 e. The summed E-state index contributed by atoms with van der Waals surface area (Å²) in [6.07, 6.45) is 0.788. The number of amides is 1. The molecule has 0 radical (unpaired) electrons. The van der Waals surface area contributed by atoms with Crippen LogP contribution in [-0.4, -0.2) is 45.3 Å². The van der Waals surface area contributed by atoms with Gasteiger partial charge in [0, 0.05) is 26.2 Å². The van der Waals surface area contributed by atoms with Crippen LogP contribution in [0.5, 0.6) is 0 Å². The molecule has 80 valence electrons. The lowest BCUT2D eigenvalue weighted by Gasteiger charge is -2.11. The fourth-order valence-electron chi connectivity index (χ4n) is 1.62. The van der Waals surface area contributed by atoms with Crippen LogP contribution < -0.4 is 0 Å². The molecule has 0 atom stereocenters. The second kappa shape index (κ2) is 3.38. The van der Waals surface area contributed by atoms with E-state index in [1.54, 1.807) is 11.9 Å². The van der Waals surface area contributed by atoms with E-state index >= 15 is 0 Å². The van der Waals surface area contributed by atoms with Crippen LogP contribution in [-0.2, 0) is 6.54 Å². The van der Waals surface area contributed by atoms with Crippen LogP contribution in [0, 0.1) is 0 Å². The van der Waals surface area contributed by atoms with Gasteiger partial charge in [0.2, 0.25) is 0 Å². The molecule has 6 nitrogen and oxygen atoms in total. The van der Waals surface area contributed by atoms with Gasteiger partial charge in [0.1, 0.15) is 5.69 Å². The van der Waals surface area contributed by atoms with Crippen molar-refractivity contribution in [3.8, 4) is 0 Å². The Bertz CT molecular complexity index is 424. The zero-order valence-electron chi connectivity index (χ0n) is 8.30. The van der Waals surface area contributed by atoms with E-state index < -0.39 is 5.97 Å². The number of nitrogens with zero attached hydrogens (tertiary/aromatic N) is 3. The van der Waals surface area contributed by atoms with Gasteiger partial charge in [-0.1, -0.05) is 0 Å². The van der Waals surface area contributed by atoms with Crippen molar-refractivity contribution in [2.24, 2.45) is 0 Å². The molecular weight excluding hydrogens is 198 g/mol. The fraction of sp³-hybridized carbons (Fsp3) is 0.444. The van der Waals surface area contributed by atoms with E-state index in [0.717, 1.165) is 6.42 Å². The Morgan fingerprint density at radius 2 is 2.27 bits per heavy atom. The maximum Gasteiger partial charge on any atom is 0.356 e. The van der Waals surface area contributed by atoms with Gasteiger partial charge < -0.3 is 10.0 Å². The van der Waals surface area contributed by atoms with Crippen molar-refractivity contribution in [1.29, 1.82) is 0 Å². The standard InChI is InChI=1S/C9H11N3O3/c1-11-3-2-4-12-7(8(11)13)5-6(10-12)9(14)15/h5H,2-4H2,1H3,(H,14,15). The highest BCUT2D eigenvalue weighted by Gasteiger charge is 2.23. The maximum absolute atomic E-state index is 11.7. The number of aromatic nitrogens is 2. The second-order valence-electron chi connectivity index (χ2n) is 3.52. The average Bonchev–Trinajstić information content (AvgIpc) is 2.55. The van der Waals surface area contributed by atoms with Crippen LogP contribution in [0.3, 0.4) is 0 Å². The quantitative estimate of drug-likeness (QED) is 0.709. The highest BCUT2D eigenvalue weighted by atomic mass is 16.4. The molecule has 0 spiro atoms. The molecule has 0 fully saturated rings. The van der Waals surface area contributed by atoms with Gasteiger partial charge in [0.25, 0.3) is 5.91 Å². The van der Waals surface area contributed by atoms with E-state index in [1.807, 2.05) is 0 Å². The van der Waals surface area contributed by atoms with Crippen molar-refractivity contribution >= 4 is 11.9 Å². The van der Waals surface area contributed by atoms with E-state index in [-0.39, 0.29) is 11.6 Å². The average molecular weight is 209 g/mol. The lowest BCUT2D eigenvalue weighted by molar-refractivity contribution is 0.0689. The van der Waals surface area contributed by atoms with Crippen molar-refractivity contribution in [2.45, 2.75) is 13.0 Å². The summed E-state index contributed by atoms with van der Waals surface area (Å²) < 4.78 is 1.47. The Kier molecular flexibility index (Phi) is 2.18. The first kappa shape index (κ1) is 9.70. The Labute approximate surface area is 86.1 Å². The summed E-state index contributed by atoms with van der Waals surface area (Å²) >= 11 is 0. The van der Waals surface area contributed by atoms with Gasteiger partial charge in [-0.3, -0.25) is 9.48 Å². The number of aryl methyl sites for hydroxylation is 1. The van der Waals surface area contributed by atoms with Crippen LogP contribution in [0.1, 0.15) is 27.4 Å². The molecule has 2 heterocycles. The van der Waals surface area contributed by atoms with Gasteiger partial charge in [-0.05, 0) is 6.42 Å². The number of carboxylic acid groups (broad SMARTS) is 1.